The van der Waals surface area contributed by atoms with Gasteiger partial charge < -0.3 is 10.1 Å². The fraction of sp³-hybridized carbons (Fsp3) is 0.409. The number of nitrogens with one attached hydrogen (secondary N) is 1. The highest BCUT2D eigenvalue weighted by atomic mass is 32.1. The second kappa shape index (κ2) is 7.30. The Bertz CT molecular complexity index is 971. The summed E-state index contributed by atoms with van der Waals surface area (Å²) in [4.78, 5) is 41.7. The number of aryl methyl sites for hydroxylation is 2. The summed E-state index contributed by atoms with van der Waals surface area (Å²) < 4.78 is 5.52. The Balaban J connectivity index is 1.56. The minimum Gasteiger partial charge on any atom is -0.448 e. The number of anilines is 2. The van der Waals surface area contributed by atoms with E-state index in [9.17, 15) is 14.4 Å². The summed E-state index contributed by atoms with van der Waals surface area (Å²) in [6, 6.07) is 9.01. The first-order valence-corrected chi connectivity index (χ1v) is 10.7. The van der Waals surface area contributed by atoms with Crippen molar-refractivity contribution >= 4 is 40.5 Å². The molecule has 7 heteroatoms. The third kappa shape index (κ3) is 3.44. The maximum Gasteiger partial charge on any atom is 0.349 e. The number of esters is 1. The molecule has 1 N–H and O–H groups in total. The Labute approximate surface area is 173 Å². The van der Waals surface area contributed by atoms with E-state index in [0.717, 1.165) is 25.7 Å². The van der Waals surface area contributed by atoms with E-state index in [-0.39, 0.29) is 5.91 Å². The molecule has 4 rings (SSSR count). The number of para-hydroxylation sites is 2. The molecule has 1 aliphatic heterocycles. The zero-order chi connectivity index (χ0) is 20.8. The van der Waals surface area contributed by atoms with Crippen molar-refractivity contribution in [1.29, 1.82) is 0 Å². The third-order valence-corrected chi connectivity index (χ3v) is 6.77. The van der Waals surface area contributed by atoms with Crippen LogP contribution in [0.4, 0.5) is 11.4 Å². The van der Waals surface area contributed by atoms with Crippen LogP contribution in [0.3, 0.4) is 0 Å². The molecule has 29 heavy (non-hydrogen) atoms. The summed E-state index contributed by atoms with van der Waals surface area (Å²) in [5.74, 6) is -1.20. The molecular weight excluding hydrogens is 388 g/mol. The standard InChI is InChI=1S/C22H24N2O4S/c1-13(28-20(26)18-12-14-8-4-7-11-17(14)29-18)19(25)24-16-10-6-5-9-15(16)23-21(27)22(24,2)3/h5-6,9-10,12-13H,4,7-8,11H2,1-3H3,(H,23,27)/t13-/m1/s1. The first-order chi connectivity index (χ1) is 13.8. The first kappa shape index (κ1) is 19.6. The van der Waals surface area contributed by atoms with Gasteiger partial charge in [-0.1, -0.05) is 12.1 Å². The Morgan fingerprint density at radius 2 is 1.93 bits per heavy atom. The lowest BCUT2D eigenvalue weighted by Crippen LogP contribution is -2.60. The van der Waals surface area contributed by atoms with Gasteiger partial charge in [0.05, 0.1) is 11.4 Å². The molecule has 2 amide bonds. The van der Waals surface area contributed by atoms with Gasteiger partial charge in [0.2, 0.25) is 5.91 Å². The van der Waals surface area contributed by atoms with E-state index in [1.54, 1.807) is 45.0 Å². The number of hydrogen-bond acceptors (Lipinski definition) is 5. The zero-order valence-electron chi connectivity index (χ0n) is 16.8. The second-order valence-electron chi connectivity index (χ2n) is 8.02. The van der Waals surface area contributed by atoms with Gasteiger partial charge in [-0.25, -0.2) is 4.79 Å². The largest absolute Gasteiger partial charge is 0.448 e. The summed E-state index contributed by atoms with van der Waals surface area (Å²) in [5.41, 5.74) is 1.27. The molecule has 2 heterocycles. The lowest BCUT2D eigenvalue weighted by Gasteiger charge is -2.42. The number of ether oxygens (including phenoxy) is 1. The predicted octanol–water partition coefficient (Wildman–Crippen LogP) is 3.94. The van der Waals surface area contributed by atoms with Crippen LogP contribution in [0.1, 0.15) is 53.7 Å². The smallest absolute Gasteiger partial charge is 0.349 e. The van der Waals surface area contributed by atoms with Crippen molar-refractivity contribution in [3.63, 3.8) is 0 Å². The molecule has 0 unspecified atom stereocenters. The molecule has 0 bridgehead atoms. The summed E-state index contributed by atoms with van der Waals surface area (Å²) in [5, 5.41) is 2.83. The summed E-state index contributed by atoms with van der Waals surface area (Å²) in [7, 11) is 0. The predicted molar refractivity (Wildman–Crippen MR) is 112 cm³/mol. The maximum absolute atomic E-state index is 13.3. The number of hydrogen-bond donors (Lipinski definition) is 1. The minimum absolute atomic E-state index is 0.283. The van der Waals surface area contributed by atoms with E-state index in [1.165, 1.54) is 26.7 Å². The molecule has 2 aromatic rings. The number of amides is 2. The zero-order valence-corrected chi connectivity index (χ0v) is 17.6. The molecule has 0 fully saturated rings. The number of carbonyl (C=O) groups excluding carboxylic acids is 3. The second-order valence-corrected chi connectivity index (χ2v) is 9.15. The molecular formula is C22H24N2O4S. The molecule has 2 aliphatic rings. The summed E-state index contributed by atoms with van der Waals surface area (Å²) in [6.45, 7) is 4.91. The SMILES string of the molecule is C[C@@H](OC(=O)c1cc2c(s1)CCCC2)C(=O)N1c2ccccc2NC(=O)C1(C)C. The topological polar surface area (TPSA) is 75.7 Å². The lowest BCUT2D eigenvalue weighted by molar-refractivity contribution is -0.131. The van der Waals surface area contributed by atoms with Crippen molar-refractivity contribution in [3.05, 3.63) is 45.6 Å². The van der Waals surface area contributed by atoms with E-state index < -0.39 is 23.5 Å². The average Bonchev–Trinajstić information content (AvgIpc) is 3.13. The highest BCUT2D eigenvalue weighted by Crippen LogP contribution is 2.37. The van der Waals surface area contributed by atoms with Crippen LogP contribution < -0.4 is 10.2 Å². The molecule has 1 aromatic carbocycles. The first-order valence-electron chi connectivity index (χ1n) is 9.86. The van der Waals surface area contributed by atoms with Gasteiger partial charge in [0.15, 0.2) is 6.10 Å². The van der Waals surface area contributed by atoms with Crippen LogP contribution in [0, 0.1) is 0 Å². The van der Waals surface area contributed by atoms with Crippen LogP contribution >= 0.6 is 11.3 Å². The van der Waals surface area contributed by atoms with Gasteiger partial charge in [-0.2, -0.15) is 0 Å². The number of thiophene rings is 1. The van der Waals surface area contributed by atoms with Crippen LogP contribution in [0.15, 0.2) is 30.3 Å². The lowest BCUT2D eigenvalue weighted by atomic mass is 9.95. The Morgan fingerprint density at radius 3 is 2.69 bits per heavy atom. The van der Waals surface area contributed by atoms with Gasteiger partial charge in [-0.3, -0.25) is 14.5 Å². The minimum atomic E-state index is -1.10. The van der Waals surface area contributed by atoms with Crippen LogP contribution in [0.2, 0.25) is 0 Å². The molecule has 1 atom stereocenters. The van der Waals surface area contributed by atoms with Gasteiger partial charge in [0.1, 0.15) is 10.4 Å². The van der Waals surface area contributed by atoms with Gasteiger partial charge in [0, 0.05) is 4.88 Å². The maximum atomic E-state index is 13.3. The van der Waals surface area contributed by atoms with Crippen molar-refractivity contribution in [2.45, 2.75) is 58.1 Å². The quantitative estimate of drug-likeness (QED) is 0.775. The molecule has 6 nitrogen and oxygen atoms in total. The number of benzene rings is 1. The molecule has 1 aromatic heterocycles. The monoisotopic (exact) mass is 412 g/mol. The molecule has 1 aliphatic carbocycles. The number of nitrogens with zero attached hydrogens (tertiary/aromatic N) is 1. The number of fused-ring (bicyclic) bond motifs is 2. The van der Waals surface area contributed by atoms with Gasteiger partial charge in [-0.15, -0.1) is 11.3 Å². The van der Waals surface area contributed by atoms with Crippen LogP contribution in [0.5, 0.6) is 0 Å². The Morgan fingerprint density at radius 1 is 1.21 bits per heavy atom. The van der Waals surface area contributed by atoms with E-state index in [2.05, 4.69) is 5.32 Å². The van der Waals surface area contributed by atoms with Crippen LogP contribution in [-0.4, -0.2) is 29.4 Å². The molecule has 0 saturated heterocycles. The van der Waals surface area contributed by atoms with Crippen molar-refractivity contribution in [1.82, 2.24) is 0 Å². The fourth-order valence-corrected chi connectivity index (χ4v) is 5.03. The summed E-state index contributed by atoms with van der Waals surface area (Å²) in [6.07, 6.45) is 3.25. The third-order valence-electron chi connectivity index (χ3n) is 5.56. The average molecular weight is 413 g/mol. The van der Waals surface area contributed by atoms with E-state index in [1.807, 2.05) is 6.07 Å². The van der Waals surface area contributed by atoms with Gasteiger partial charge in [0.25, 0.3) is 5.91 Å². The molecule has 0 saturated carbocycles. The van der Waals surface area contributed by atoms with Gasteiger partial charge in [-0.05, 0) is 70.2 Å². The van der Waals surface area contributed by atoms with Crippen LogP contribution in [0.25, 0.3) is 0 Å². The van der Waals surface area contributed by atoms with Crippen molar-refractivity contribution in [2.75, 3.05) is 10.2 Å². The fourth-order valence-electron chi connectivity index (χ4n) is 3.89. The number of carbonyl (C=O) groups is 3. The molecule has 152 valence electrons. The van der Waals surface area contributed by atoms with E-state index >= 15 is 0 Å². The Kier molecular flexibility index (Phi) is 4.94. The Hall–Kier alpha value is -2.67. The van der Waals surface area contributed by atoms with Gasteiger partial charge >= 0.3 is 5.97 Å². The molecule has 0 spiro atoms. The van der Waals surface area contributed by atoms with E-state index in [0.29, 0.717) is 16.3 Å². The highest BCUT2D eigenvalue weighted by molar-refractivity contribution is 7.14. The highest BCUT2D eigenvalue weighted by Gasteiger charge is 2.45. The number of rotatable bonds is 3. The van der Waals surface area contributed by atoms with Crippen LogP contribution in [-0.2, 0) is 27.2 Å². The summed E-state index contributed by atoms with van der Waals surface area (Å²) >= 11 is 1.46. The van der Waals surface area contributed by atoms with Crippen molar-refractivity contribution < 1.29 is 19.1 Å². The van der Waals surface area contributed by atoms with Crippen molar-refractivity contribution in [3.8, 4) is 0 Å². The van der Waals surface area contributed by atoms with E-state index in [4.69, 9.17) is 4.74 Å². The molecule has 0 radical (unpaired) electrons. The normalized spacial score (nSPS) is 18.3. The van der Waals surface area contributed by atoms with Crippen molar-refractivity contribution in [2.24, 2.45) is 0 Å².